The van der Waals surface area contributed by atoms with E-state index in [0.29, 0.717) is 12.5 Å². The van der Waals surface area contributed by atoms with Crippen molar-refractivity contribution in [1.82, 2.24) is 10.2 Å². The Morgan fingerprint density at radius 3 is 2.63 bits per heavy atom. The number of hydrogen-bond donors (Lipinski definition) is 1. The van der Waals surface area contributed by atoms with Crippen LogP contribution in [0.1, 0.15) is 31.2 Å². The lowest BCUT2D eigenvalue weighted by Gasteiger charge is -2.32. The van der Waals surface area contributed by atoms with Crippen LogP contribution in [0.25, 0.3) is 0 Å². The summed E-state index contributed by atoms with van der Waals surface area (Å²) in [6.45, 7) is 4.40. The fourth-order valence-corrected chi connectivity index (χ4v) is 2.61. The molecule has 0 aliphatic carbocycles. The Hall–Kier alpha value is -1.37. The van der Waals surface area contributed by atoms with Gasteiger partial charge < -0.3 is 5.32 Å². The van der Waals surface area contributed by atoms with Gasteiger partial charge in [0.2, 0.25) is 0 Å². The Bertz CT molecular complexity index is 388. The first-order valence-electron chi connectivity index (χ1n) is 7.25. The molecule has 102 valence electrons. The van der Waals surface area contributed by atoms with Crippen LogP contribution in [-0.4, -0.2) is 30.6 Å². The van der Waals surface area contributed by atoms with Crippen molar-refractivity contribution in [2.24, 2.45) is 0 Å². The molecule has 0 aromatic heterocycles. The Kier molecular flexibility index (Phi) is 5.87. The lowest BCUT2D eigenvalue weighted by molar-refractivity contribution is 0.191. The summed E-state index contributed by atoms with van der Waals surface area (Å²) in [5.74, 6) is 0. The molecule has 0 atom stereocenters. The third-order valence-corrected chi connectivity index (χ3v) is 3.73. The Labute approximate surface area is 116 Å². The minimum Gasteiger partial charge on any atom is -0.314 e. The number of nitriles is 1. The summed E-state index contributed by atoms with van der Waals surface area (Å²) in [7, 11) is 0. The highest BCUT2D eigenvalue weighted by molar-refractivity contribution is 5.14. The van der Waals surface area contributed by atoms with E-state index in [2.05, 4.69) is 46.6 Å². The van der Waals surface area contributed by atoms with Crippen molar-refractivity contribution in [2.45, 2.75) is 38.3 Å². The van der Waals surface area contributed by atoms with Gasteiger partial charge in [0, 0.05) is 19.0 Å². The third kappa shape index (κ3) is 5.02. The molecule has 1 heterocycles. The molecule has 2 rings (SSSR count). The van der Waals surface area contributed by atoms with Crippen molar-refractivity contribution in [3.8, 4) is 6.07 Å². The van der Waals surface area contributed by atoms with Gasteiger partial charge in [0.1, 0.15) is 0 Å². The zero-order valence-corrected chi connectivity index (χ0v) is 11.5. The lowest BCUT2D eigenvalue weighted by atomic mass is 10.0. The summed E-state index contributed by atoms with van der Waals surface area (Å²) in [5.41, 5.74) is 1.41. The second-order valence-electron chi connectivity index (χ2n) is 5.25. The topological polar surface area (TPSA) is 39.1 Å². The molecular formula is C16H23N3. The number of likely N-dealkylation sites (tertiary alicyclic amines) is 1. The van der Waals surface area contributed by atoms with E-state index in [0.717, 1.165) is 19.5 Å². The molecule has 1 saturated heterocycles. The van der Waals surface area contributed by atoms with Crippen LogP contribution in [0.2, 0.25) is 0 Å². The highest BCUT2D eigenvalue weighted by Crippen LogP contribution is 2.13. The molecule has 1 N–H and O–H groups in total. The van der Waals surface area contributed by atoms with E-state index >= 15 is 0 Å². The van der Waals surface area contributed by atoms with Gasteiger partial charge in [0.05, 0.1) is 6.07 Å². The van der Waals surface area contributed by atoms with Gasteiger partial charge in [0.25, 0.3) is 0 Å². The molecule has 1 aliphatic heterocycles. The van der Waals surface area contributed by atoms with Gasteiger partial charge in [-0.15, -0.1) is 0 Å². The van der Waals surface area contributed by atoms with Crippen molar-refractivity contribution in [1.29, 1.82) is 5.26 Å². The molecule has 1 aromatic rings. The molecule has 19 heavy (non-hydrogen) atoms. The molecular weight excluding hydrogens is 234 g/mol. The smallest absolute Gasteiger partial charge is 0.0622 e. The van der Waals surface area contributed by atoms with Crippen LogP contribution in [0.4, 0.5) is 0 Å². The van der Waals surface area contributed by atoms with Gasteiger partial charge >= 0.3 is 0 Å². The average Bonchev–Trinajstić information content (AvgIpc) is 2.46. The van der Waals surface area contributed by atoms with Crippen molar-refractivity contribution in [2.75, 3.05) is 19.6 Å². The quantitative estimate of drug-likeness (QED) is 0.796. The fourth-order valence-electron chi connectivity index (χ4n) is 2.61. The third-order valence-electron chi connectivity index (χ3n) is 3.73. The van der Waals surface area contributed by atoms with Crippen molar-refractivity contribution in [3.05, 3.63) is 35.9 Å². The van der Waals surface area contributed by atoms with Gasteiger partial charge in [-0.1, -0.05) is 30.3 Å². The molecule has 0 saturated carbocycles. The normalized spacial score (nSPS) is 17.2. The zero-order valence-electron chi connectivity index (χ0n) is 11.5. The number of unbranched alkanes of at least 4 members (excludes halogenated alkanes) is 1. The number of hydrogen-bond acceptors (Lipinski definition) is 3. The van der Waals surface area contributed by atoms with E-state index < -0.39 is 0 Å². The van der Waals surface area contributed by atoms with Gasteiger partial charge in [-0.2, -0.15) is 5.26 Å². The molecule has 0 amide bonds. The molecule has 0 spiro atoms. The second kappa shape index (κ2) is 7.93. The predicted molar refractivity (Wildman–Crippen MR) is 77.6 cm³/mol. The van der Waals surface area contributed by atoms with Crippen LogP contribution >= 0.6 is 0 Å². The summed E-state index contributed by atoms with van der Waals surface area (Å²) in [5, 5.41) is 12.1. The first-order valence-corrected chi connectivity index (χ1v) is 7.25. The number of benzene rings is 1. The van der Waals surface area contributed by atoms with Crippen LogP contribution in [0.5, 0.6) is 0 Å². The minimum atomic E-state index is 0.644. The highest BCUT2D eigenvalue weighted by atomic mass is 15.1. The summed E-state index contributed by atoms with van der Waals surface area (Å²) in [6, 6.07) is 13.5. The second-order valence-corrected chi connectivity index (χ2v) is 5.25. The molecule has 1 fully saturated rings. The molecule has 3 nitrogen and oxygen atoms in total. The van der Waals surface area contributed by atoms with Crippen LogP contribution in [0.15, 0.2) is 30.3 Å². The van der Waals surface area contributed by atoms with Crippen LogP contribution in [0.3, 0.4) is 0 Å². The molecule has 1 aliphatic rings. The molecule has 0 bridgehead atoms. The van der Waals surface area contributed by atoms with Crippen molar-refractivity contribution < 1.29 is 0 Å². The van der Waals surface area contributed by atoms with E-state index in [-0.39, 0.29) is 0 Å². The monoisotopic (exact) mass is 257 g/mol. The average molecular weight is 257 g/mol. The Morgan fingerprint density at radius 2 is 1.95 bits per heavy atom. The summed E-state index contributed by atoms with van der Waals surface area (Å²) < 4.78 is 0. The zero-order chi connectivity index (χ0) is 13.3. The van der Waals surface area contributed by atoms with Crippen molar-refractivity contribution in [3.63, 3.8) is 0 Å². The summed E-state index contributed by atoms with van der Waals surface area (Å²) in [6.07, 6.45) is 4.08. The highest BCUT2D eigenvalue weighted by Gasteiger charge is 2.18. The fraction of sp³-hybridized carbons (Fsp3) is 0.562. The maximum atomic E-state index is 8.49. The Morgan fingerprint density at radius 1 is 1.21 bits per heavy atom. The van der Waals surface area contributed by atoms with E-state index in [1.807, 2.05) is 0 Å². The SMILES string of the molecule is N#CCCCNC1CCN(Cc2ccccc2)CC1. The number of nitrogens with zero attached hydrogens (tertiary/aromatic N) is 2. The van der Waals surface area contributed by atoms with E-state index in [1.54, 1.807) is 0 Å². The predicted octanol–water partition coefficient (Wildman–Crippen LogP) is 2.54. The number of piperidine rings is 1. The largest absolute Gasteiger partial charge is 0.314 e. The standard InChI is InChI=1S/C16H23N3/c17-10-4-5-11-18-16-8-12-19(13-9-16)14-15-6-2-1-3-7-15/h1-3,6-7,16,18H,4-5,8-9,11-14H2. The van der Waals surface area contributed by atoms with E-state index in [9.17, 15) is 0 Å². The number of nitrogens with one attached hydrogen (secondary N) is 1. The summed E-state index contributed by atoms with van der Waals surface area (Å²) >= 11 is 0. The first-order chi connectivity index (χ1) is 9.38. The lowest BCUT2D eigenvalue weighted by Crippen LogP contribution is -2.42. The molecule has 3 heteroatoms. The first kappa shape index (κ1) is 14.0. The van der Waals surface area contributed by atoms with Crippen LogP contribution < -0.4 is 5.32 Å². The summed E-state index contributed by atoms with van der Waals surface area (Å²) in [4.78, 5) is 2.53. The van der Waals surface area contributed by atoms with Crippen LogP contribution in [-0.2, 0) is 6.54 Å². The van der Waals surface area contributed by atoms with Gasteiger partial charge in [-0.3, -0.25) is 4.90 Å². The molecule has 0 unspecified atom stereocenters. The van der Waals surface area contributed by atoms with Gasteiger partial charge in [-0.05, 0) is 44.5 Å². The van der Waals surface area contributed by atoms with Gasteiger partial charge in [0.15, 0.2) is 0 Å². The van der Waals surface area contributed by atoms with E-state index in [1.165, 1.54) is 31.5 Å². The maximum absolute atomic E-state index is 8.49. The van der Waals surface area contributed by atoms with E-state index in [4.69, 9.17) is 5.26 Å². The number of rotatable bonds is 6. The van der Waals surface area contributed by atoms with Crippen LogP contribution in [0, 0.1) is 11.3 Å². The van der Waals surface area contributed by atoms with Crippen molar-refractivity contribution >= 4 is 0 Å². The minimum absolute atomic E-state index is 0.644. The maximum Gasteiger partial charge on any atom is 0.0622 e. The Balaban J connectivity index is 1.64. The van der Waals surface area contributed by atoms with Gasteiger partial charge in [-0.25, -0.2) is 0 Å². The molecule has 0 radical (unpaired) electrons. The molecule has 1 aromatic carbocycles.